The number of aryl methyl sites for hydroxylation is 1. The third-order valence-electron chi connectivity index (χ3n) is 3.87. The Morgan fingerprint density at radius 3 is 2.41 bits per heavy atom. The van der Waals surface area contributed by atoms with Gasteiger partial charge in [0.15, 0.2) is 0 Å². The summed E-state index contributed by atoms with van der Waals surface area (Å²) in [7, 11) is 1.27. The van der Waals surface area contributed by atoms with Gasteiger partial charge >= 0.3 is 5.97 Å². The molecule has 1 N–H and O–H groups in total. The molecule has 0 saturated carbocycles. The average molecular weight is 405 g/mol. The molecule has 0 saturated heterocycles. The zero-order valence-corrected chi connectivity index (χ0v) is 15.9. The Kier molecular flexibility index (Phi) is 5.48. The summed E-state index contributed by atoms with van der Waals surface area (Å²) >= 11 is 12.5. The minimum atomic E-state index is -0.567. The fourth-order valence-electron chi connectivity index (χ4n) is 2.60. The molecule has 1 amide bonds. The number of esters is 1. The number of para-hydroxylation sites is 1. The zero-order valence-electron chi connectivity index (χ0n) is 14.4. The zero-order chi connectivity index (χ0) is 19.6. The highest BCUT2D eigenvalue weighted by molar-refractivity contribution is 6.39. The second-order valence-corrected chi connectivity index (χ2v) is 6.36. The number of carbonyl (C=O) groups is 2. The van der Waals surface area contributed by atoms with E-state index in [2.05, 4.69) is 10.5 Å². The fraction of sp³-hybridized carbons (Fsp3) is 0.105. The highest BCUT2D eigenvalue weighted by Gasteiger charge is 2.26. The van der Waals surface area contributed by atoms with Crippen LogP contribution in [-0.2, 0) is 4.74 Å². The fourth-order valence-corrected chi connectivity index (χ4v) is 3.18. The van der Waals surface area contributed by atoms with Crippen molar-refractivity contribution in [3.8, 4) is 11.3 Å². The van der Waals surface area contributed by atoms with Gasteiger partial charge in [-0.1, -0.05) is 46.6 Å². The number of aromatic nitrogens is 1. The maximum Gasteiger partial charge on any atom is 0.339 e. The number of amides is 1. The van der Waals surface area contributed by atoms with Crippen LogP contribution in [0.3, 0.4) is 0 Å². The van der Waals surface area contributed by atoms with E-state index < -0.39 is 11.9 Å². The molecule has 0 atom stereocenters. The van der Waals surface area contributed by atoms with Gasteiger partial charge in [0.25, 0.3) is 5.91 Å². The molecule has 27 heavy (non-hydrogen) atoms. The van der Waals surface area contributed by atoms with Gasteiger partial charge in [0.1, 0.15) is 17.0 Å². The van der Waals surface area contributed by atoms with E-state index in [0.717, 1.165) is 0 Å². The van der Waals surface area contributed by atoms with Gasteiger partial charge in [-0.2, -0.15) is 0 Å². The van der Waals surface area contributed by atoms with Crippen LogP contribution in [0.1, 0.15) is 26.5 Å². The molecular formula is C19H14Cl2N2O4. The Labute approximate surface area is 165 Å². The van der Waals surface area contributed by atoms with Crippen molar-refractivity contribution < 1.29 is 18.8 Å². The van der Waals surface area contributed by atoms with Gasteiger partial charge in [-0.05, 0) is 31.2 Å². The molecule has 6 nitrogen and oxygen atoms in total. The van der Waals surface area contributed by atoms with Crippen molar-refractivity contribution in [3.63, 3.8) is 0 Å². The first-order valence-electron chi connectivity index (χ1n) is 7.83. The van der Waals surface area contributed by atoms with Crippen LogP contribution in [0.4, 0.5) is 5.69 Å². The number of carbonyl (C=O) groups excluding carboxylic acids is 2. The van der Waals surface area contributed by atoms with E-state index in [1.807, 2.05) is 0 Å². The smallest absolute Gasteiger partial charge is 0.339 e. The summed E-state index contributed by atoms with van der Waals surface area (Å²) in [5, 5.41) is 7.31. The van der Waals surface area contributed by atoms with E-state index in [1.165, 1.54) is 7.11 Å². The molecule has 1 aromatic heterocycles. The van der Waals surface area contributed by atoms with Gasteiger partial charge in [0, 0.05) is 5.56 Å². The third-order valence-corrected chi connectivity index (χ3v) is 4.50. The van der Waals surface area contributed by atoms with E-state index in [0.29, 0.717) is 21.3 Å². The monoisotopic (exact) mass is 404 g/mol. The van der Waals surface area contributed by atoms with Crippen LogP contribution in [0.2, 0.25) is 10.0 Å². The van der Waals surface area contributed by atoms with Crippen molar-refractivity contribution in [2.24, 2.45) is 0 Å². The second-order valence-electron chi connectivity index (χ2n) is 5.55. The maximum atomic E-state index is 12.9. The maximum absolute atomic E-state index is 12.9. The van der Waals surface area contributed by atoms with Crippen molar-refractivity contribution in [1.29, 1.82) is 0 Å². The molecule has 0 spiro atoms. The van der Waals surface area contributed by atoms with Crippen LogP contribution in [0.5, 0.6) is 0 Å². The van der Waals surface area contributed by atoms with Gasteiger partial charge in [-0.15, -0.1) is 0 Å². The molecule has 0 bridgehead atoms. The highest BCUT2D eigenvalue weighted by atomic mass is 35.5. The Bertz CT molecular complexity index is 1010. The van der Waals surface area contributed by atoms with E-state index >= 15 is 0 Å². The molecular weight excluding hydrogens is 391 g/mol. The van der Waals surface area contributed by atoms with Gasteiger partial charge in [0.05, 0.1) is 28.4 Å². The first-order chi connectivity index (χ1) is 12.9. The summed E-state index contributed by atoms with van der Waals surface area (Å²) in [4.78, 5) is 24.8. The summed E-state index contributed by atoms with van der Waals surface area (Å²) in [5.74, 6) is -0.799. The van der Waals surface area contributed by atoms with E-state index in [-0.39, 0.29) is 22.6 Å². The molecule has 8 heteroatoms. The first kappa shape index (κ1) is 18.9. The molecule has 2 aromatic carbocycles. The van der Waals surface area contributed by atoms with Crippen LogP contribution >= 0.6 is 23.2 Å². The Balaban J connectivity index is 2.03. The molecule has 138 valence electrons. The largest absolute Gasteiger partial charge is 0.465 e. The lowest BCUT2D eigenvalue weighted by molar-refractivity contribution is 0.0602. The number of hydrogen-bond acceptors (Lipinski definition) is 5. The van der Waals surface area contributed by atoms with Gasteiger partial charge in [0.2, 0.25) is 0 Å². The quantitative estimate of drug-likeness (QED) is 0.618. The van der Waals surface area contributed by atoms with Gasteiger partial charge in [-0.3, -0.25) is 4.79 Å². The van der Waals surface area contributed by atoms with Crippen LogP contribution < -0.4 is 5.32 Å². The Morgan fingerprint density at radius 2 is 1.74 bits per heavy atom. The standard InChI is InChI=1S/C19H14Cl2N2O4/c1-10-15(17(23-27-10)16-12(20)7-5-8-13(16)21)18(24)22-14-9-4-3-6-11(14)19(25)26-2/h3-9H,1-2H3,(H,22,24). The van der Waals surface area contributed by atoms with Crippen LogP contribution in [0.25, 0.3) is 11.3 Å². The number of rotatable bonds is 4. The number of ether oxygens (including phenoxy) is 1. The van der Waals surface area contributed by atoms with Crippen molar-refractivity contribution in [1.82, 2.24) is 5.16 Å². The predicted molar refractivity (Wildman–Crippen MR) is 102 cm³/mol. The minimum Gasteiger partial charge on any atom is -0.465 e. The summed E-state index contributed by atoms with van der Waals surface area (Å²) in [6.07, 6.45) is 0. The lowest BCUT2D eigenvalue weighted by atomic mass is 10.0. The summed E-state index contributed by atoms with van der Waals surface area (Å²) in [6, 6.07) is 11.5. The molecule has 0 unspecified atom stereocenters. The molecule has 3 aromatic rings. The van der Waals surface area contributed by atoms with E-state index in [1.54, 1.807) is 49.4 Å². The molecule has 3 rings (SSSR count). The molecule has 0 aliphatic rings. The van der Waals surface area contributed by atoms with Crippen molar-refractivity contribution in [2.45, 2.75) is 6.92 Å². The molecule has 0 aliphatic carbocycles. The normalized spacial score (nSPS) is 10.5. The van der Waals surface area contributed by atoms with Crippen LogP contribution in [0, 0.1) is 6.92 Å². The Morgan fingerprint density at radius 1 is 1.07 bits per heavy atom. The first-order valence-corrected chi connectivity index (χ1v) is 8.59. The number of hydrogen-bond donors (Lipinski definition) is 1. The summed E-state index contributed by atoms with van der Waals surface area (Å²) in [5.41, 5.74) is 1.30. The van der Waals surface area contributed by atoms with Crippen molar-refractivity contribution >= 4 is 40.8 Å². The lowest BCUT2D eigenvalue weighted by Gasteiger charge is -2.10. The number of anilines is 1. The molecule has 1 heterocycles. The van der Waals surface area contributed by atoms with E-state index in [9.17, 15) is 9.59 Å². The van der Waals surface area contributed by atoms with Crippen LogP contribution in [0.15, 0.2) is 47.0 Å². The topological polar surface area (TPSA) is 81.4 Å². The number of benzene rings is 2. The third kappa shape index (κ3) is 3.67. The number of nitrogens with one attached hydrogen (secondary N) is 1. The molecule has 0 fully saturated rings. The molecule has 0 aliphatic heterocycles. The predicted octanol–water partition coefficient (Wildman–Crippen LogP) is 5.00. The lowest BCUT2D eigenvalue weighted by Crippen LogP contribution is -2.16. The SMILES string of the molecule is COC(=O)c1ccccc1NC(=O)c1c(-c2c(Cl)cccc2Cl)noc1C. The van der Waals surface area contributed by atoms with Crippen molar-refractivity contribution in [2.75, 3.05) is 12.4 Å². The number of methoxy groups -OCH3 is 1. The Hall–Kier alpha value is -2.83. The van der Waals surface area contributed by atoms with E-state index in [4.69, 9.17) is 32.5 Å². The molecule has 0 radical (unpaired) electrons. The van der Waals surface area contributed by atoms with Gasteiger partial charge < -0.3 is 14.6 Å². The second kappa shape index (κ2) is 7.82. The van der Waals surface area contributed by atoms with Crippen molar-refractivity contribution in [3.05, 3.63) is 69.4 Å². The number of nitrogens with zero attached hydrogens (tertiary/aromatic N) is 1. The highest BCUT2D eigenvalue weighted by Crippen LogP contribution is 2.37. The average Bonchev–Trinajstić information content (AvgIpc) is 3.02. The van der Waals surface area contributed by atoms with Crippen LogP contribution in [-0.4, -0.2) is 24.1 Å². The minimum absolute atomic E-state index is 0.171. The summed E-state index contributed by atoms with van der Waals surface area (Å²) in [6.45, 7) is 1.60. The summed E-state index contributed by atoms with van der Waals surface area (Å²) < 4.78 is 9.94. The number of halogens is 2. The van der Waals surface area contributed by atoms with Gasteiger partial charge in [-0.25, -0.2) is 4.79 Å².